The Balaban J connectivity index is 1.82. The smallest absolute Gasteiger partial charge is 0.0700 e. The number of hydrogen-bond donors (Lipinski definition) is 0. The maximum absolute atomic E-state index is 5.54. The zero-order valence-corrected chi connectivity index (χ0v) is 11.6. The molecule has 0 aliphatic carbocycles. The number of unbranched alkanes of at least 4 members (excludes halogenated alkanes) is 3. The second-order valence-corrected chi connectivity index (χ2v) is 4.52. The van der Waals surface area contributed by atoms with Crippen molar-refractivity contribution in [3.8, 4) is 0 Å². The standard InChI is InChI=1S/C16H26O2/c1-2-3-4-8-12-17-14-15-18-13-11-16-9-6-5-7-10-16/h5-7,9-10H,2-4,8,11-15H2,1H3. The van der Waals surface area contributed by atoms with Gasteiger partial charge in [0.2, 0.25) is 0 Å². The lowest BCUT2D eigenvalue weighted by atomic mass is 10.2. The minimum atomic E-state index is 0.709. The van der Waals surface area contributed by atoms with E-state index >= 15 is 0 Å². The van der Waals surface area contributed by atoms with Gasteiger partial charge in [0.1, 0.15) is 0 Å². The fourth-order valence-corrected chi connectivity index (χ4v) is 1.79. The topological polar surface area (TPSA) is 18.5 Å². The Kier molecular flexibility index (Phi) is 9.49. The molecule has 0 N–H and O–H groups in total. The Hall–Kier alpha value is -0.860. The first-order valence-electron chi connectivity index (χ1n) is 7.13. The first-order chi connectivity index (χ1) is 8.93. The summed E-state index contributed by atoms with van der Waals surface area (Å²) in [6.07, 6.45) is 6.04. The maximum atomic E-state index is 5.54. The summed E-state index contributed by atoms with van der Waals surface area (Å²) in [5.74, 6) is 0. The summed E-state index contributed by atoms with van der Waals surface area (Å²) in [4.78, 5) is 0. The van der Waals surface area contributed by atoms with Crippen LogP contribution in [0.5, 0.6) is 0 Å². The van der Waals surface area contributed by atoms with Gasteiger partial charge in [-0.3, -0.25) is 0 Å². The van der Waals surface area contributed by atoms with E-state index < -0.39 is 0 Å². The van der Waals surface area contributed by atoms with Crippen molar-refractivity contribution in [1.82, 2.24) is 0 Å². The summed E-state index contributed by atoms with van der Waals surface area (Å²) in [7, 11) is 0. The fraction of sp³-hybridized carbons (Fsp3) is 0.625. The van der Waals surface area contributed by atoms with E-state index in [9.17, 15) is 0 Å². The van der Waals surface area contributed by atoms with Gasteiger partial charge in [-0.1, -0.05) is 56.5 Å². The first kappa shape index (κ1) is 15.2. The van der Waals surface area contributed by atoms with Crippen molar-refractivity contribution in [3.63, 3.8) is 0 Å². The molecule has 0 unspecified atom stereocenters. The third-order valence-electron chi connectivity index (χ3n) is 2.89. The first-order valence-corrected chi connectivity index (χ1v) is 7.13. The lowest BCUT2D eigenvalue weighted by Gasteiger charge is -2.06. The molecule has 2 nitrogen and oxygen atoms in total. The van der Waals surface area contributed by atoms with E-state index in [1.807, 2.05) is 6.07 Å². The van der Waals surface area contributed by atoms with Crippen LogP contribution >= 0.6 is 0 Å². The molecule has 2 heteroatoms. The van der Waals surface area contributed by atoms with Crippen molar-refractivity contribution in [2.24, 2.45) is 0 Å². The van der Waals surface area contributed by atoms with Crippen LogP contribution in [0.2, 0.25) is 0 Å². The Morgan fingerprint density at radius 1 is 0.778 bits per heavy atom. The number of rotatable bonds is 11. The van der Waals surface area contributed by atoms with Gasteiger partial charge in [0.15, 0.2) is 0 Å². The number of benzene rings is 1. The molecule has 1 rings (SSSR count). The highest BCUT2D eigenvalue weighted by Crippen LogP contribution is 2.00. The van der Waals surface area contributed by atoms with E-state index in [0.29, 0.717) is 6.61 Å². The molecule has 102 valence electrons. The van der Waals surface area contributed by atoms with Gasteiger partial charge in [0.05, 0.1) is 19.8 Å². The van der Waals surface area contributed by atoms with Crippen molar-refractivity contribution < 1.29 is 9.47 Å². The Labute approximate surface area is 111 Å². The van der Waals surface area contributed by atoms with Gasteiger partial charge in [0, 0.05) is 6.61 Å². The molecule has 0 fully saturated rings. The van der Waals surface area contributed by atoms with Gasteiger partial charge in [-0.2, -0.15) is 0 Å². The Bertz CT molecular complexity index is 272. The van der Waals surface area contributed by atoms with Crippen molar-refractivity contribution in [2.45, 2.75) is 39.0 Å². The predicted octanol–water partition coefficient (Wildman–Crippen LogP) is 3.84. The Morgan fingerprint density at radius 3 is 2.22 bits per heavy atom. The predicted molar refractivity (Wildman–Crippen MR) is 75.9 cm³/mol. The number of hydrogen-bond acceptors (Lipinski definition) is 2. The van der Waals surface area contributed by atoms with Crippen LogP contribution < -0.4 is 0 Å². The van der Waals surface area contributed by atoms with E-state index in [4.69, 9.17) is 9.47 Å². The third-order valence-corrected chi connectivity index (χ3v) is 2.89. The lowest BCUT2D eigenvalue weighted by Crippen LogP contribution is -2.07. The monoisotopic (exact) mass is 250 g/mol. The molecule has 0 amide bonds. The molecule has 0 aliphatic rings. The minimum Gasteiger partial charge on any atom is -0.379 e. The summed E-state index contributed by atoms with van der Waals surface area (Å²) >= 11 is 0. The number of ether oxygens (including phenoxy) is 2. The Morgan fingerprint density at radius 2 is 1.50 bits per heavy atom. The molecule has 0 atom stereocenters. The van der Waals surface area contributed by atoms with Crippen molar-refractivity contribution >= 4 is 0 Å². The van der Waals surface area contributed by atoms with Crippen LogP contribution in [-0.2, 0) is 15.9 Å². The van der Waals surface area contributed by atoms with Crippen LogP contribution in [0.4, 0.5) is 0 Å². The summed E-state index contributed by atoms with van der Waals surface area (Å²) in [6, 6.07) is 10.4. The van der Waals surface area contributed by atoms with E-state index in [1.54, 1.807) is 0 Å². The molecule has 18 heavy (non-hydrogen) atoms. The van der Waals surface area contributed by atoms with Crippen LogP contribution in [0, 0.1) is 0 Å². The molecule has 1 aromatic rings. The van der Waals surface area contributed by atoms with Crippen molar-refractivity contribution in [3.05, 3.63) is 35.9 Å². The zero-order valence-electron chi connectivity index (χ0n) is 11.6. The van der Waals surface area contributed by atoms with Gasteiger partial charge >= 0.3 is 0 Å². The minimum absolute atomic E-state index is 0.709. The highest BCUT2D eigenvalue weighted by atomic mass is 16.5. The van der Waals surface area contributed by atoms with Gasteiger partial charge in [-0.05, 0) is 18.4 Å². The average molecular weight is 250 g/mol. The second kappa shape index (κ2) is 11.2. The summed E-state index contributed by atoms with van der Waals surface area (Å²) < 4.78 is 11.0. The molecule has 1 aromatic carbocycles. The molecule has 0 radical (unpaired) electrons. The highest BCUT2D eigenvalue weighted by Gasteiger charge is 1.93. The van der Waals surface area contributed by atoms with Crippen LogP contribution in [-0.4, -0.2) is 26.4 Å². The van der Waals surface area contributed by atoms with Crippen LogP contribution in [0.3, 0.4) is 0 Å². The molecule has 0 aliphatic heterocycles. The van der Waals surface area contributed by atoms with E-state index in [-0.39, 0.29) is 0 Å². The molecule has 0 spiro atoms. The molecule has 0 saturated carbocycles. The summed E-state index contributed by atoms with van der Waals surface area (Å²) in [6.45, 7) is 5.31. The van der Waals surface area contributed by atoms with Gasteiger partial charge in [0.25, 0.3) is 0 Å². The van der Waals surface area contributed by atoms with Crippen LogP contribution in [0.1, 0.15) is 38.2 Å². The third kappa shape index (κ3) is 8.26. The quantitative estimate of drug-likeness (QED) is 0.555. The van der Waals surface area contributed by atoms with Crippen LogP contribution in [0.15, 0.2) is 30.3 Å². The average Bonchev–Trinajstić information content (AvgIpc) is 2.42. The maximum Gasteiger partial charge on any atom is 0.0700 e. The van der Waals surface area contributed by atoms with Gasteiger partial charge in [-0.25, -0.2) is 0 Å². The van der Waals surface area contributed by atoms with Crippen LogP contribution in [0.25, 0.3) is 0 Å². The van der Waals surface area contributed by atoms with E-state index in [2.05, 4.69) is 31.2 Å². The SMILES string of the molecule is CCCCCCOCCOCCc1ccccc1. The normalized spacial score (nSPS) is 10.7. The van der Waals surface area contributed by atoms with E-state index in [0.717, 1.165) is 26.2 Å². The molecule has 0 saturated heterocycles. The molecule has 0 bridgehead atoms. The van der Waals surface area contributed by atoms with Gasteiger partial charge < -0.3 is 9.47 Å². The molecular weight excluding hydrogens is 224 g/mol. The highest BCUT2D eigenvalue weighted by molar-refractivity contribution is 5.14. The summed E-state index contributed by atoms with van der Waals surface area (Å²) in [5.41, 5.74) is 1.33. The van der Waals surface area contributed by atoms with Gasteiger partial charge in [-0.15, -0.1) is 0 Å². The van der Waals surface area contributed by atoms with Crippen molar-refractivity contribution in [1.29, 1.82) is 0 Å². The fourth-order valence-electron chi connectivity index (χ4n) is 1.79. The molecular formula is C16H26O2. The molecule has 0 aromatic heterocycles. The summed E-state index contributed by atoms with van der Waals surface area (Å²) in [5, 5.41) is 0. The second-order valence-electron chi connectivity index (χ2n) is 4.52. The zero-order chi connectivity index (χ0) is 12.9. The largest absolute Gasteiger partial charge is 0.379 e. The lowest BCUT2D eigenvalue weighted by molar-refractivity contribution is 0.0474. The molecule has 0 heterocycles. The van der Waals surface area contributed by atoms with Crippen molar-refractivity contribution in [2.75, 3.05) is 26.4 Å². The van der Waals surface area contributed by atoms with E-state index in [1.165, 1.54) is 31.2 Å².